The Morgan fingerprint density at radius 3 is 3.00 bits per heavy atom. The van der Waals surface area contributed by atoms with E-state index in [1.54, 1.807) is 6.07 Å². The molecule has 9 heteroatoms. The van der Waals surface area contributed by atoms with Gasteiger partial charge in [0.15, 0.2) is 5.82 Å². The molecular weight excluding hydrogens is 316 g/mol. The van der Waals surface area contributed by atoms with Gasteiger partial charge in [-0.25, -0.2) is 8.78 Å². The van der Waals surface area contributed by atoms with E-state index in [1.807, 2.05) is 4.90 Å². The van der Waals surface area contributed by atoms with E-state index >= 15 is 0 Å². The first-order valence-electron chi connectivity index (χ1n) is 6.85. The van der Waals surface area contributed by atoms with E-state index in [0.717, 1.165) is 12.0 Å². The lowest BCUT2D eigenvalue weighted by molar-refractivity contribution is 0.124. The summed E-state index contributed by atoms with van der Waals surface area (Å²) in [5.74, 6) is -0.411. The number of aromatic nitrogens is 4. The minimum atomic E-state index is -0.571. The van der Waals surface area contributed by atoms with Crippen LogP contribution >= 0.6 is 11.6 Å². The fourth-order valence-electron chi connectivity index (χ4n) is 2.61. The molecule has 0 fully saturated rings. The normalized spacial score (nSPS) is 13.7. The summed E-state index contributed by atoms with van der Waals surface area (Å²) in [5.41, 5.74) is 1.86. The number of benzene rings is 1. The Morgan fingerprint density at radius 2 is 2.27 bits per heavy atom. The van der Waals surface area contributed by atoms with Crippen molar-refractivity contribution in [3.63, 3.8) is 0 Å². The number of hydrogen-bond donors (Lipinski definition) is 1. The second-order valence-electron chi connectivity index (χ2n) is 4.83. The highest BCUT2D eigenvalue weighted by molar-refractivity contribution is 6.31. The van der Waals surface area contributed by atoms with Crippen LogP contribution in [0.3, 0.4) is 0 Å². The predicted octanol–water partition coefficient (Wildman–Crippen LogP) is 2.01. The summed E-state index contributed by atoms with van der Waals surface area (Å²) < 4.78 is 31.7. The molecule has 2 aromatic rings. The van der Waals surface area contributed by atoms with Crippen molar-refractivity contribution in [3.8, 4) is 11.4 Å². The zero-order chi connectivity index (χ0) is 15.5. The van der Waals surface area contributed by atoms with Crippen LogP contribution in [0.25, 0.3) is 11.4 Å². The molecule has 0 saturated carbocycles. The standard InChI is InChI=1S/C13H14ClF2N5O/c14-9-7-8-1-3-21(4-6-22-5-2-15)12(8)10(11(9)16)13-17-19-20-18-13/h7H,1-6H2,(H,17,18,19,20). The third-order valence-corrected chi connectivity index (χ3v) is 3.81. The molecule has 1 aliphatic rings. The van der Waals surface area contributed by atoms with Gasteiger partial charge >= 0.3 is 0 Å². The van der Waals surface area contributed by atoms with Gasteiger partial charge in [-0.3, -0.25) is 0 Å². The van der Waals surface area contributed by atoms with Gasteiger partial charge < -0.3 is 9.64 Å². The monoisotopic (exact) mass is 329 g/mol. The lowest BCUT2D eigenvalue weighted by Crippen LogP contribution is -2.26. The Morgan fingerprint density at radius 1 is 1.41 bits per heavy atom. The summed E-state index contributed by atoms with van der Waals surface area (Å²) >= 11 is 5.96. The molecule has 0 spiro atoms. The number of rotatable bonds is 6. The number of halogens is 3. The second kappa shape index (κ2) is 6.53. The number of tetrazole rings is 1. The van der Waals surface area contributed by atoms with Gasteiger partial charge in [0.25, 0.3) is 0 Å². The number of ether oxygens (including phenoxy) is 1. The molecule has 0 aliphatic carbocycles. The second-order valence-corrected chi connectivity index (χ2v) is 5.24. The fraction of sp³-hybridized carbons (Fsp3) is 0.462. The zero-order valence-corrected chi connectivity index (χ0v) is 12.4. The molecule has 0 atom stereocenters. The number of nitrogens with one attached hydrogen (secondary N) is 1. The van der Waals surface area contributed by atoms with Crippen molar-refractivity contribution < 1.29 is 13.5 Å². The van der Waals surface area contributed by atoms with Crippen LogP contribution in [0, 0.1) is 5.82 Å². The van der Waals surface area contributed by atoms with Gasteiger partial charge in [0.2, 0.25) is 5.82 Å². The number of fused-ring (bicyclic) bond motifs is 1. The van der Waals surface area contributed by atoms with Crippen molar-refractivity contribution in [2.75, 3.05) is 37.9 Å². The number of H-pyrrole nitrogens is 1. The largest absolute Gasteiger partial charge is 0.377 e. The fourth-order valence-corrected chi connectivity index (χ4v) is 2.84. The van der Waals surface area contributed by atoms with Gasteiger partial charge in [-0.15, -0.1) is 10.2 Å². The Hall–Kier alpha value is -1.80. The van der Waals surface area contributed by atoms with Crippen LogP contribution < -0.4 is 4.90 Å². The van der Waals surface area contributed by atoms with Crippen LogP contribution in [0.5, 0.6) is 0 Å². The maximum Gasteiger partial charge on any atom is 0.209 e. The molecule has 0 amide bonds. The molecule has 1 aliphatic heterocycles. The number of hydrogen-bond acceptors (Lipinski definition) is 5. The molecule has 3 rings (SSSR count). The summed E-state index contributed by atoms with van der Waals surface area (Å²) in [6.45, 7) is 1.14. The van der Waals surface area contributed by atoms with Crippen molar-refractivity contribution in [2.45, 2.75) is 6.42 Å². The van der Waals surface area contributed by atoms with Crippen molar-refractivity contribution in [1.82, 2.24) is 20.6 Å². The Labute approximate surface area is 130 Å². The van der Waals surface area contributed by atoms with Crippen LogP contribution in [-0.2, 0) is 11.2 Å². The zero-order valence-electron chi connectivity index (χ0n) is 11.7. The molecule has 1 aromatic carbocycles. The third kappa shape index (κ3) is 2.76. The van der Waals surface area contributed by atoms with Gasteiger partial charge in [0.1, 0.15) is 6.67 Å². The summed E-state index contributed by atoms with van der Waals surface area (Å²) in [6.07, 6.45) is 0.739. The molecule has 6 nitrogen and oxygen atoms in total. The molecule has 0 bridgehead atoms. The van der Waals surface area contributed by atoms with E-state index in [2.05, 4.69) is 20.6 Å². The van der Waals surface area contributed by atoms with Crippen LogP contribution in [0.1, 0.15) is 5.56 Å². The maximum absolute atomic E-state index is 14.5. The number of anilines is 1. The lowest BCUT2D eigenvalue weighted by Gasteiger charge is -2.21. The SMILES string of the molecule is FCCOCCN1CCc2cc(Cl)c(F)c(-c3nn[nH]n3)c21. The molecule has 118 valence electrons. The van der Waals surface area contributed by atoms with E-state index < -0.39 is 12.5 Å². The van der Waals surface area contributed by atoms with E-state index in [9.17, 15) is 8.78 Å². The molecule has 0 radical (unpaired) electrons. The van der Waals surface area contributed by atoms with Crippen LogP contribution in [0.2, 0.25) is 5.02 Å². The van der Waals surface area contributed by atoms with Gasteiger partial charge in [-0.2, -0.15) is 5.21 Å². The number of nitrogens with zero attached hydrogens (tertiary/aromatic N) is 4. The smallest absolute Gasteiger partial charge is 0.209 e. The van der Waals surface area contributed by atoms with Crippen LogP contribution in [0.4, 0.5) is 14.5 Å². The van der Waals surface area contributed by atoms with Crippen molar-refractivity contribution in [1.29, 1.82) is 0 Å². The first-order valence-corrected chi connectivity index (χ1v) is 7.23. The van der Waals surface area contributed by atoms with E-state index in [1.165, 1.54) is 0 Å². The molecule has 22 heavy (non-hydrogen) atoms. The highest BCUT2D eigenvalue weighted by Gasteiger charge is 2.29. The van der Waals surface area contributed by atoms with E-state index in [4.69, 9.17) is 16.3 Å². The first kappa shape index (κ1) is 15.1. The van der Waals surface area contributed by atoms with Gasteiger partial charge in [-0.1, -0.05) is 11.6 Å². The summed E-state index contributed by atoms with van der Waals surface area (Å²) in [7, 11) is 0. The highest BCUT2D eigenvalue weighted by Crippen LogP contribution is 2.41. The van der Waals surface area contributed by atoms with Crippen LogP contribution in [0.15, 0.2) is 6.07 Å². The van der Waals surface area contributed by atoms with Gasteiger partial charge in [0, 0.05) is 13.1 Å². The summed E-state index contributed by atoms with van der Waals surface area (Å²) in [6, 6.07) is 1.62. The highest BCUT2D eigenvalue weighted by atomic mass is 35.5. The molecule has 1 aromatic heterocycles. The number of alkyl halides is 1. The number of aromatic amines is 1. The molecule has 1 N–H and O–H groups in total. The maximum atomic E-state index is 14.5. The average molecular weight is 330 g/mol. The third-order valence-electron chi connectivity index (χ3n) is 3.53. The van der Waals surface area contributed by atoms with E-state index in [0.29, 0.717) is 25.4 Å². The Balaban J connectivity index is 1.93. The predicted molar refractivity (Wildman–Crippen MR) is 77.3 cm³/mol. The summed E-state index contributed by atoms with van der Waals surface area (Å²) in [5, 5.41) is 13.5. The van der Waals surface area contributed by atoms with Crippen molar-refractivity contribution in [2.24, 2.45) is 0 Å². The average Bonchev–Trinajstić information content (AvgIpc) is 3.15. The lowest BCUT2D eigenvalue weighted by atomic mass is 10.1. The minimum Gasteiger partial charge on any atom is -0.377 e. The Bertz CT molecular complexity index is 652. The first-order chi connectivity index (χ1) is 10.7. The molecule has 2 heterocycles. The summed E-state index contributed by atoms with van der Waals surface area (Å²) in [4.78, 5) is 1.97. The van der Waals surface area contributed by atoms with Gasteiger partial charge in [-0.05, 0) is 23.3 Å². The van der Waals surface area contributed by atoms with Crippen molar-refractivity contribution in [3.05, 3.63) is 22.5 Å². The van der Waals surface area contributed by atoms with Crippen LogP contribution in [-0.4, -0.2) is 53.6 Å². The Kier molecular flexibility index (Phi) is 4.49. The minimum absolute atomic E-state index is 0.0362. The molecule has 0 saturated heterocycles. The van der Waals surface area contributed by atoms with E-state index in [-0.39, 0.29) is 23.0 Å². The quantitative estimate of drug-likeness (QED) is 0.821. The topological polar surface area (TPSA) is 66.9 Å². The van der Waals surface area contributed by atoms with Gasteiger partial charge in [0.05, 0.1) is 29.5 Å². The molecular formula is C13H14ClF2N5O. The molecule has 0 unspecified atom stereocenters. The van der Waals surface area contributed by atoms with Crippen molar-refractivity contribution >= 4 is 17.3 Å².